The van der Waals surface area contributed by atoms with Gasteiger partial charge in [-0.1, -0.05) is 11.6 Å². The molecule has 2 bridgehead atoms. The molecule has 0 aromatic heterocycles. The van der Waals surface area contributed by atoms with Gasteiger partial charge in [-0.05, 0) is 38.0 Å². The molecule has 2 atom stereocenters. The van der Waals surface area contributed by atoms with Crippen molar-refractivity contribution in [2.24, 2.45) is 11.1 Å². The number of nitrogens with zero attached hydrogens (tertiary/aromatic N) is 1. The fourth-order valence-electron chi connectivity index (χ4n) is 3.08. The van der Waals surface area contributed by atoms with Crippen molar-refractivity contribution < 1.29 is 17.4 Å². The van der Waals surface area contributed by atoms with E-state index in [2.05, 4.69) is 5.16 Å². The van der Waals surface area contributed by atoms with Crippen LogP contribution in [0.25, 0.3) is 0 Å². The van der Waals surface area contributed by atoms with Gasteiger partial charge in [-0.2, -0.15) is 8.42 Å². The van der Waals surface area contributed by atoms with E-state index in [9.17, 15) is 8.42 Å². The fourth-order valence-corrected chi connectivity index (χ4v) is 3.90. The third kappa shape index (κ3) is 2.80. The molecule has 98 valence electrons. The highest BCUT2D eigenvalue weighted by Crippen LogP contribution is 2.44. The summed E-state index contributed by atoms with van der Waals surface area (Å²) in [5, 5.41) is 3.99. The second-order valence-electron chi connectivity index (χ2n) is 5.00. The van der Waals surface area contributed by atoms with Gasteiger partial charge < -0.3 is 4.84 Å². The summed E-state index contributed by atoms with van der Waals surface area (Å²) in [6, 6.07) is 0. The highest BCUT2D eigenvalue weighted by atomic mass is 32.2. The Labute approximate surface area is 102 Å². The minimum atomic E-state index is -3.47. The molecule has 2 aliphatic rings. The molecule has 2 saturated carbocycles. The first-order valence-corrected chi connectivity index (χ1v) is 7.78. The van der Waals surface area contributed by atoms with E-state index in [1.807, 2.05) is 0 Å². The molecule has 17 heavy (non-hydrogen) atoms. The maximum atomic E-state index is 11.4. The zero-order valence-electron chi connectivity index (χ0n) is 10.3. The van der Waals surface area contributed by atoms with Gasteiger partial charge in [-0.25, -0.2) is 0 Å². The summed E-state index contributed by atoms with van der Waals surface area (Å²) in [7, 11) is -1.99. The molecule has 0 heterocycles. The lowest BCUT2D eigenvalue weighted by Crippen LogP contribution is -2.50. The van der Waals surface area contributed by atoms with E-state index in [1.54, 1.807) is 0 Å². The van der Waals surface area contributed by atoms with E-state index in [4.69, 9.17) is 9.02 Å². The SMILES string of the molecule is CO/N=C1\CC[C@H]2CCC[C@]1(OS(C)(=O)=O)C2. The molecule has 2 fully saturated rings. The van der Waals surface area contributed by atoms with Crippen LogP contribution in [-0.4, -0.2) is 33.1 Å². The molecule has 0 aromatic carbocycles. The van der Waals surface area contributed by atoms with Crippen LogP contribution < -0.4 is 0 Å². The zero-order valence-corrected chi connectivity index (χ0v) is 11.1. The van der Waals surface area contributed by atoms with Crippen LogP contribution in [0.3, 0.4) is 0 Å². The molecular weight excluding hydrogens is 242 g/mol. The van der Waals surface area contributed by atoms with E-state index in [0.29, 0.717) is 5.92 Å². The lowest BCUT2D eigenvalue weighted by atomic mass is 9.68. The van der Waals surface area contributed by atoms with Crippen molar-refractivity contribution in [3.8, 4) is 0 Å². The summed E-state index contributed by atoms with van der Waals surface area (Å²) in [5.41, 5.74) is 0.0199. The number of rotatable bonds is 3. The second kappa shape index (κ2) is 4.57. The Balaban J connectivity index is 2.31. The summed E-state index contributed by atoms with van der Waals surface area (Å²) in [6.45, 7) is 0. The van der Waals surface area contributed by atoms with Crippen molar-refractivity contribution in [3.63, 3.8) is 0 Å². The van der Waals surface area contributed by atoms with Gasteiger partial charge in [0.05, 0.1) is 12.0 Å². The summed E-state index contributed by atoms with van der Waals surface area (Å²) in [6.07, 6.45) is 6.55. The highest BCUT2D eigenvalue weighted by Gasteiger charge is 2.47. The van der Waals surface area contributed by atoms with Crippen LogP contribution in [0.1, 0.15) is 38.5 Å². The molecule has 2 aliphatic carbocycles. The van der Waals surface area contributed by atoms with Gasteiger partial charge in [0.2, 0.25) is 0 Å². The minimum Gasteiger partial charge on any atom is -0.399 e. The van der Waals surface area contributed by atoms with E-state index in [-0.39, 0.29) is 0 Å². The van der Waals surface area contributed by atoms with Crippen molar-refractivity contribution in [2.45, 2.75) is 44.1 Å². The van der Waals surface area contributed by atoms with E-state index >= 15 is 0 Å². The Morgan fingerprint density at radius 2 is 2.18 bits per heavy atom. The number of hydrogen-bond acceptors (Lipinski definition) is 5. The van der Waals surface area contributed by atoms with Crippen molar-refractivity contribution >= 4 is 15.8 Å². The largest absolute Gasteiger partial charge is 0.399 e. The molecule has 0 amide bonds. The van der Waals surface area contributed by atoms with E-state index in [0.717, 1.165) is 50.5 Å². The van der Waals surface area contributed by atoms with Gasteiger partial charge in [0, 0.05) is 0 Å². The topological polar surface area (TPSA) is 65.0 Å². The van der Waals surface area contributed by atoms with Crippen LogP contribution in [0.4, 0.5) is 0 Å². The average Bonchev–Trinajstić information content (AvgIpc) is 2.20. The average molecular weight is 261 g/mol. The van der Waals surface area contributed by atoms with Crippen molar-refractivity contribution in [3.05, 3.63) is 0 Å². The Morgan fingerprint density at radius 3 is 2.82 bits per heavy atom. The molecule has 0 spiro atoms. The van der Waals surface area contributed by atoms with Gasteiger partial charge >= 0.3 is 0 Å². The Kier molecular flexibility index (Phi) is 3.45. The predicted octanol–water partition coefficient (Wildman–Crippen LogP) is 1.69. The van der Waals surface area contributed by atoms with Crippen LogP contribution in [-0.2, 0) is 19.1 Å². The quantitative estimate of drug-likeness (QED) is 0.573. The first kappa shape index (κ1) is 12.8. The van der Waals surface area contributed by atoms with Gasteiger partial charge in [0.25, 0.3) is 10.1 Å². The minimum absolute atomic E-state index is 0.557. The predicted molar refractivity (Wildman–Crippen MR) is 64.3 cm³/mol. The zero-order chi connectivity index (χ0) is 12.5. The van der Waals surface area contributed by atoms with Crippen LogP contribution >= 0.6 is 0 Å². The molecule has 0 N–H and O–H groups in total. The molecule has 0 aromatic rings. The Bertz CT molecular complexity index is 417. The molecule has 6 heteroatoms. The molecule has 2 rings (SSSR count). The fraction of sp³-hybridized carbons (Fsp3) is 0.909. The third-order valence-corrected chi connectivity index (χ3v) is 4.26. The maximum Gasteiger partial charge on any atom is 0.265 e. The summed E-state index contributed by atoms with van der Waals surface area (Å²) >= 11 is 0. The number of oxime groups is 1. The second-order valence-corrected chi connectivity index (χ2v) is 6.58. The number of hydrogen-bond donors (Lipinski definition) is 0. The summed E-state index contributed by atoms with van der Waals surface area (Å²) in [4.78, 5) is 4.83. The van der Waals surface area contributed by atoms with Crippen LogP contribution in [0, 0.1) is 5.92 Å². The van der Waals surface area contributed by atoms with Crippen molar-refractivity contribution in [1.29, 1.82) is 0 Å². The Morgan fingerprint density at radius 1 is 1.41 bits per heavy atom. The van der Waals surface area contributed by atoms with Gasteiger partial charge in [-0.15, -0.1) is 0 Å². The van der Waals surface area contributed by atoms with Crippen molar-refractivity contribution in [2.75, 3.05) is 13.4 Å². The molecule has 0 unspecified atom stereocenters. The summed E-state index contributed by atoms with van der Waals surface area (Å²) < 4.78 is 28.2. The smallest absolute Gasteiger partial charge is 0.265 e. The molecule has 0 radical (unpaired) electrons. The first-order chi connectivity index (χ1) is 7.95. The first-order valence-electron chi connectivity index (χ1n) is 5.96. The van der Waals surface area contributed by atoms with Gasteiger partial charge in [-0.3, -0.25) is 4.18 Å². The monoisotopic (exact) mass is 261 g/mol. The normalized spacial score (nSPS) is 35.9. The standard InChI is InChI=1S/C11H19NO4S/c1-15-12-10-6-5-9-4-3-7-11(10,8-9)16-17(2,13)14/h9H,3-8H2,1-2H3/b12-10+/t9-,11+/m1/s1. The van der Waals surface area contributed by atoms with Gasteiger partial charge in [0.15, 0.2) is 0 Å². The van der Waals surface area contributed by atoms with Crippen LogP contribution in [0.2, 0.25) is 0 Å². The Hall–Kier alpha value is -0.620. The van der Waals surface area contributed by atoms with Gasteiger partial charge in [0.1, 0.15) is 12.7 Å². The van der Waals surface area contributed by atoms with E-state index in [1.165, 1.54) is 7.11 Å². The highest BCUT2D eigenvalue weighted by molar-refractivity contribution is 7.86. The summed E-state index contributed by atoms with van der Waals surface area (Å²) in [5.74, 6) is 0.557. The van der Waals surface area contributed by atoms with Crippen molar-refractivity contribution in [1.82, 2.24) is 0 Å². The lowest BCUT2D eigenvalue weighted by molar-refractivity contribution is 0.0548. The van der Waals surface area contributed by atoms with Crippen LogP contribution in [0.15, 0.2) is 5.16 Å². The number of fused-ring (bicyclic) bond motifs is 2. The third-order valence-electron chi connectivity index (χ3n) is 3.64. The molecule has 0 saturated heterocycles. The van der Waals surface area contributed by atoms with Crippen LogP contribution in [0.5, 0.6) is 0 Å². The maximum absolute atomic E-state index is 11.4. The molecule has 5 nitrogen and oxygen atoms in total. The molecule has 0 aliphatic heterocycles. The molecular formula is C11H19NO4S. The lowest BCUT2D eigenvalue weighted by Gasteiger charge is -2.44. The van der Waals surface area contributed by atoms with E-state index < -0.39 is 15.7 Å².